The van der Waals surface area contributed by atoms with E-state index in [0.717, 1.165) is 12.8 Å². The van der Waals surface area contributed by atoms with E-state index in [1.54, 1.807) is 18.2 Å². The van der Waals surface area contributed by atoms with Crippen LogP contribution in [0.2, 0.25) is 0 Å². The smallest absolute Gasteiger partial charge is 0.255 e. The summed E-state index contributed by atoms with van der Waals surface area (Å²) in [6.45, 7) is 4.56. The normalized spacial score (nSPS) is 12.2. The predicted octanol–water partition coefficient (Wildman–Crippen LogP) is 1.89. The first kappa shape index (κ1) is 16.3. The van der Waals surface area contributed by atoms with Gasteiger partial charge in [0.15, 0.2) is 11.5 Å². The number of ether oxygens (including phenoxy) is 1. The lowest BCUT2D eigenvalue weighted by Crippen LogP contribution is -2.41. The largest absolute Gasteiger partial charge is 0.504 e. The monoisotopic (exact) mass is 280 g/mol. The molecule has 1 rings (SSSR count). The molecule has 1 atom stereocenters. The summed E-state index contributed by atoms with van der Waals surface area (Å²) in [5.74, 6) is 0.169. The van der Waals surface area contributed by atoms with E-state index in [2.05, 4.69) is 19.2 Å². The summed E-state index contributed by atoms with van der Waals surface area (Å²) in [6.07, 6.45) is 1.97. The highest BCUT2D eigenvalue weighted by molar-refractivity contribution is 5.97. The first-order chi connectivity index (χ1) is 9.54. The minimum atomic E-state index is -0.345. The molecule has 0 aromatic heterocycles. The maximum absolute atomic E-state index is 12.1. The Labute approximate surface area is 120 Å². The number of methoxy groups -OCH3 is 1. The highest BCUT2D eigenvalue weighted by atomic mass is 16.5. The molecule has 0 saturated heterocycles. The van der Waals surface area contributed by atoms with Gasteiger partial charge in [-0.3, -0.25) is 4.79 Å². The van der Waals surface area contributed by atoms with Crippen LogP contribution >= 0.6 is 0 Å². The fourth-order valence-corrected chi connectivity index (χ4v) is 2.24. The van der Waals surface area contributed by atoms with E-state index in [1.165, 1.54) is 7.11 Å². The van der Waals surface area contributed by atoms with Crippen molar-refractivity contribution in [3.8, 4) is 11.5 Å². The van der Waals surface area contributed by atoms with Crippen LogP contribution in [0.4, 0.5) is 0 Å². The van der Waals surface area contributed by atoms with Crippen molar-refractivity contribution in [2.75, 3.05) is 13.7 Å². The van der Waals surface area contributed by atoms with Crippen molar-refractivity contribution in [3.05, 3.63) is 23.8 Å². The molecule has 112 valence electrons. The molecule has 0 saturated carbocycles. The predicted molar refractivity (Wildman–Crippen MR) is 79.0 cm³/mol. The maximum atomic E-state index is 12.1. The fourth-order valence-electron chi connectivity index (χ4n) is 2.24. The minimum Gasteiger partial charge on any atom is -0.504 e. The van der Waals surface area contributed by atoms with E-state index < -0.39 is 0 Å². The molecule has 1 aromatic carbocycles. The Bertz CT molecular complexity index is 445. The van der Waals surface area contributed by atoms with Crippen molar-refractivity contribution in [2.24, 2.45) is 11.7 Å². The van der Waals surface area contributed by atoms with E-state index in [9.17, 15) is 9.90 Å². The Kier molecular flexibility index (Phi) is 6.31. The third-order valence-electron chi connectivity index (χ3n) is 3.62. The van der Waals surface area contributed by atoms with Gasteiger partial charge in [-0.05, 0) is 18.1 Å². The molecule has 0 spiro atoms. The van der Waals surface area contributed by atoms with Crippen LogP contribution in [0.3, 0.4) is 0 Å². The Morgan fingerprint density at radius 2 is 2.05 bits per heavy atom. The molecular weight excluding hydrogens is 256 g/mol. The van der Waals surface area contributed by atoms with Crippen molar-refractivity contribution in [1.29, 1.82) is 0 Å². The molecule has 0 bridgehead atoms. The van der Waals surface area contributed by atoms with Crippen LogP contribution in [0.15, 0.2) is 18.2 Å². The zero-order valence-corrected chi connectivity index (χ0v) is 12.3. The number of aromatic hydroxyl groups is 1. The van der Waals surface area contributed by atoms with E-state index in [1.807, 2.05) is 0 Å². The van der Waals surface area contributed by atoms with E-state index in [-0.39, 0.29) is 29.0 Å². The summed E-state index contributed by atoms with van der Waals surface area (Å²) < 4.78 is 4.98. The number of carbonyl (C=O) groups excluding carboxylic acids is 1. The lowest BCUT2D eigenvalue weighted by atomic mass is 9.95. The van der Waals surface area contributed by atoms with Crippen molar-refractivity contribution in [2.45, 2.75) is 32.7 Å². The average molecular weight is 280 g/mol. The van der Waals surface area contributed by atoms with E-state index >= 15 is 0 Å². The van der Waals surface area contributed by atoms with Gasteiger partial charge in [0.05, 0.1) is 12.7 Å². The first-order valence-corrected chi connectivity index (χ1v) is 6.94. The van der Waals surface area contributed by atoms with Gasteiger partial charge in [-0.1, -0.05) is 32.8 Å². The quantitative estimate of drug-likeness (QED) is 0.712. The van der Waals surface area contributed by atoms with Gasteiger partial charge in [0, 0.05) is 12.6 Å². The number of para-hydroxylation sites is 1. The molecule has 0 aliphatic carbocycles. The molecule has 4 N–H and O–H groups in total. The average Bonchev–Trinajstić information content (AvgIpc) is 2.46. The zero-order chi connectivity index (χ0) is 15.1. The zero-order valence-electron chi connectivity index (χ0n) is 12.3. The number of phenolic OH excluding ortho intramolecular Hbond substituents is 1. The number of phenols is 1. The molecule has 5 heteroatoms. The van der Waals surface area contributed by atoms with Gasteiger partial charge in [0.25, 0.3) is 5.91 Å². The summed E-state index contributed by atoms with van der Waals surface area (Å²) in [5, 5.41) is 12.7. The van der Waals surface area contributed by atoms with Crippen LogP contribution in [0.25, 0.3) is 0 Å². The minimum absolute atomic E-state index is 0.0818. The van der Waals surface area contributed by atoms with E-state index in [0.29, 0.717) is 12.5 Å². The number of nitrogens with one attached hydrogen (secondary N) is 1. The molecule has 0 aliphatic heterocycles. The number of hydrogen-bond acceptors (Lipinski definition) is 4. The summed E-state index contributed by atoms with van der Waals surface area (Å²) >= 11 is 0. The van der Waals surface area contributed by atoms with Gasteiger partial charge in [-0.15, -0.1) is 0 Å². The molecule has 0 fully saturated rings. The maximum Gasteiger partial charge on any atom is 0.255 e. The lowest BCUT2D eigenvalue weighted by molar-refractivity contribution is 0.0944. The molecular formula is C15H24N2O3. The molecule has 0 heterocycles. The van der Waals surface area contributed by atoms with Crippen LogP contribution in [0.5, 0.6) is 11.5 Å². The highest BCUT2D eigenvalue weighted by Gasteiger charge is 2.18. The number of nitrogens with two attached hydrogens (primary N) is 1. The molecule has 1 aromatic rings. The van der Waals surface area contributed by atoms with Crippen molar-refractivity contribution >= 4 is 5.91 Å². The second-order valence-corrected chi connectivity index (χ2v) is 4.81. The number of benzene rings is 1. The Hall–Kier alpha value is -1.75. The standard InChI is InChI=1S/C15H24N2O3/c1-4-10(5-2)12(16)9-17-15(19)11-7-6-8-13(20-3)14(11)18/h6-8,10,12,18H,4-5,9,16H2,1-3H3,(H,17,19). The van der Waals surface area contributed by atoms with Crippen LogP contribution in [0.1, 0.15) is 37.0 Å². The topological polar surface area (TPSA) is 84.6 Å². The number of carbonyl (C=O) groups is 1. The molecule has 20 heavy (non-hydrogen) atoms. The van der Waals surface area contributed by atoms with Gasteiger partial charge < -0.3 is 20.9 Å². The fraction of sp³-hybridized carbons (Fsp3) is 0.533. The van der Waals surface area contributed by atoms with Crippen LogP contribution in [-0.4, -0.2) is 30.7 Å². The van der Waals surface area contributed by atoms with Crippen molar-refractivity contribution in [3.63, 3.8) is 0 Å². The summed E-state index contributed by atoms with van der Waals surface area (Å²) in [5.41, 5.74) is 6.25. The van der Waals surface area contributed by atoms with Crippen molar-refractivity contribution < 1.29 is 14.6 Å². The molecule has 1 unspecified atom stereocenters. The Balaban J connectivity index is 2.68. The number of amides is 1. The second-order valence-electron chi connectivity index (χ2n) is 4.81. The number of hydrogen-bond donors (Lipinski definition) is 3. The molecule has 0 radical (unpaired) electrons. The van der Waals surface area contributed by atoms with Gasteiger partial charge in [0.1, 0.15) is 0 Å². The Morgan fingerprint density at radius 1 is 1.40 bits per heavy atom. The van der Waals surface area contributed by atoms with Crippen LogP contribution in [-0.2, 0) is 0 Å². The van der Waals surface area contributed by atoms with Crippen LogP contribution in [0, 0.1) is 5.92 Å². The summed E-state index contributed by atoms with van der Waals surface area (Å²) in [4.78, 5) is 12.1. The lowest BCUT2D eigenvalue weighted by Gasteiger charge is -2.21. The molecule has 0 aliphatic rings. The first-order valence-electron chi connectivity index (χ1n) is 6.94. The second kappa shape index (κ2) is 7.75. The van der Waals surface area contributed by atoms with Gasteiger partial charge >= 0.3 is 0 Å². The summed E-state index contributed by atoms with van der Waals surface area (Å²) in [7, 11) is 1.44. The Morgan fingerprint density at radius 3 is 2.60 bits per heavy atom. The van der Waals surface area contributed by atoms with Gasteiger partial charge in [-0.2, -0.15) is 0 Å². The van der Waals surface area contributed by atoms with Gasteiger partial charge in [-0.25, -0.2) is 0 Å². The van der Waals surface area contributed by atoms with E-state index in [4.69, 9.17) is 10.5 Å². The summed E-state index contributed by atoms with van der Waals surface area (Å²) in [6, 6.07) is 4.73. The molecule has 1 amide bonds. The molecule has 5 nitrogen and oxygen atoms in total. The van der Waals surface area contributed by atoms with Crippen LogP contribution < -0.4 is 15.8 Å². The van der Waals surface area contributed by atoms with Crippen molar-refractivity contribution in [1.82, 2.24) is 5.32 Å². The van der Waals surface area contributed by atoms with Gasteiger partial charge in [0.2, 0.25) is 0 Å². The third kappa shape index (κ3) is 3.87. The number of rotatable bonds is 7. The SMILES string of the molecule is CCC(CC)C(N)CNC(=O)c1cccc(OC)c1O. The highest BCUT2D eigenvalue weighted by Crippen LogP contribution is 2.29. The third-order valence-corrected chi connectivity index (χ3v) is 3.62.